The van der Waals surface area contributed by atoms with Crippen molar-refractivity contribution in [1.29, 1.82) is 0 Å². The van der Waals surface area contributed by atoms with Gasteiger partial charge in [-0.25, -0.2) is 4.68 Å². The maximum atomic E-state index is 13.8. The van der Waals surface area contributed by atoms with Crippen LogP contribution < -0.4 is 10.3 Å². The van der Waals surface area contributed by atoms with Crippen molar-refractivity contribution in [2.24, 2.45) is 0 Å². The number of ether oxygens (including phenoxy) is 1. The zero-order chi connectivity index (χ0) is 28.4. The van der Waals surface area contributed by atoms with E-state index in [0.717, 1.165) is 39.1 Å². The number of tetrazole rings is 1. The Morgan fingerprint density at radius 1 is 1.07 bits per heavy atom. The van der Waals surface area contributed by atoms with E-state index in [0.29, 0.717) is 31.1 Å². The van der Waals surface area contributed by atoms with Crippen LogP contribution in [0, 0.1) is 13.8 Å². The van der Waals surface area contributed by atoms with E-state index in [-0.39, 0.29) is 5.56 Å². The molecule has 2 aromatic carbocycles. The molecule has 0 saturated carbocycles. The van der Waals surface area contributed by atoms with Crippen molar-refractivity contribution >= 4 is 10.9 Å². The van der Waals surface area contributed by atoms with Crippen LogP contribution in [0.3, 0.4) is 0 Å². The van der Waals surface area contributed by atoms with E-state index >= 15 is 0 Å². The van der Waals surface area contributed by atoms with Crippen LogP contribution in [0.1, 0.15) is 67.6 Å². The second-order valence-corrected chi connectivity index (χ2v) is 11.2. The van der Waals surface area contributed by atoms with Gasteiger partial charge < -0.3 is 14.1 Å². The Bertz CT molecular complexity index is 1650. The Balaban J connectivity index is 1.70. The van der Waals surface area contributed by atoms with Crippen molar-refractivity contribution in [1.82, 2.24) is 30.1 Å². The lowest BCUT2D eigenvalue weighted by Crippen LogP contribution is -2.37. The number of aromatic nitrogens is 5. The second-order valence-electron chi connectivity index (χ2n) is 11.2. The first-order chi connectivity index (χ1) is 19.1. The van der Waals surface area contributed by atoms with Gasteiger partial charge in [0.25, 0.3) is 5.56 Å². The van der Waals surface area contributed by atoms with Gasteiger partial charge >= 0.3 is 0 Å². The van der Waals surface area contributed by atoms with Crippen molar-refractivity contribution in [2.45, 2.75) is 66.2 Å². The summed E-state index contributed by atoms with van der Waals surface area (Å²) in [7, 11) is 0. The highest BCUT2D eigenvalue weighted by Crippen LogP contribution is 2.33. The van der Waals surface area contributed by atoms with E-state index in [1.165, 1.54) is 0 Å². The summed E-state index contributed by atoms with van der Waals surface area (Å²) in [5, 5.41) is 13.9. The number of nitrogens with one attached hydrogen (secondary N) is 1. The largest absolute Gasteiger partial charge is 0.494 e. The highest BCUT2D eigenvalue weighted by molar-refractivity contribution is 5.83. The van der Waals surface area contributed by atoms with Gasteiger partial charge in [0.1, 0.15) is 17.6 Å². The van der Waals surface area contributed by atoms with Crippen molar-refractivity contribution in [2.75, 3.05) is 6.61 Å². The molecule has 3 heterocycles. The predicted molar refractivity (Wildman–Crippen MR) is 154 cm³/mol. The fourth-order valence-electron chi connectivity index (χ4n) is 5.18. The summed E-state index contributed by atoms with van der Waals surface area (Å²) in [6.45, 7) is 13.7. The maximum Gasteiger partial charge on any atom is 0.253 e. The molecule has 9 nitrogen and oxygen atoms in total. The Hall–Kier alpha value is -4.24. The number of H-pyrrole nitrogens is 1. The second kappa shape index (κ2) is 11.1. The maximum absolute atomic E-state index is 13.8. The number of rotatable bonds is 9. The molecule has 1 atom stereocenters. The molecule has 5 aromatic rings. The number of aryl methyl sites for hydroxylation is 2. The van der Waals surface area contributed by atoms with E-state index < -0.39 is 11.6 Å². The number of furan rings is 1. The number of fused-ring (bicyclic) bond motifs is 1. The zero-order valence-corrected chi connectivity index (χ0v) is 23.9. The van der Waals surface area contributed by atoms with E-state index in [4.69, 9.17) is 9.15 Å². The van der Waals surface area contributed by atoms with Crippen LogP contribution >= 0.6 is 0 Å². The minimum Gasteiger partial charge on any atom is -0.494 e. The van der Waals surface area contributed by atoms with Crippen molar-refractivity contribution in [3.8, 4) is 5.75 Å². The molecular formula is C31H36N6O3. The van der Waals surface area contributed by atoms with Crippen LogP contribution in [0.25, 0.3) is 10.9 Å². The molecule has 40 heavy (non-hydrogen) atoms. The topological polar surface area (TPSA) is 102 Å². The van der Waals surface area contributed by atoms with Gasteiger partial charge in [-0.15, -0.1) is 5.10 Å². The van der Waals surface area contributed by atoms with Gasteiger partial charge in [-0.1, -0.05) is 23.8 Å². The summed E-state index contributed by atoms with van der Waals surface area (Å²) < 4.78 is 13.2. The van der Waals surface area contributed by atoms with Crippen LogP contribution in [0.2, 0.25) is 0 Å². The lowest BCUT2D eigenvalue weighted by Gasteiger charge is -2.32. The lowest BCUT2D eigenvalue weighted by atomic mass is 9.99. The molecule has 0 saturated heterocycles. The van der Waals surface area contributed by atoms with E-state index in [1.54, 1.807) is 10.9 Å². The van der Waals surface area contributed by atoms with Gasteiger partial charge in [0.05, 0.1) is 30.5 Å². The minimum absolute atomic E-state index is 0.177. The first-order valence-electron chi connectivity index (χ1n) is 13.5. The first-order valence-corrected chi connectivity index (χ1v) is 13.5. The van der Waals surface area contributed by atoms with E-state index in [9.17, 15) is 4.79 Å². The quantitative estimate of drug-likeness (QED) is 0.257. The fraction of sp³-hybridized carbons (Fsp3) is 0.355. The summed E-state index contributed by atoms with van der Waals surface area (Å²) in [4.78, 5) is 19.2. The number of nitrogens with zero attached hydrogens (tertiary/aromatic N) is 5. The number of pyridine rings is 1. The van der Waals surface area contributed by atoms with Crippen molar-refractivity contribution < 1.29 is 9.15 Å². The van der Waals surface area contributed by atoms with Crippen molar-refractivity contribution in [3.63, 3.8) is 0 Å². The third-order valence-electron chi connectivity index (χ3n) is 6.91. The van der Waals surface area contributed by atoms with Crippen LogP contribution in [0.15, 0.2) is 70.1 Å². The van der Waals surface area contributed by atoms with Gasteiger partial charge in [-0.3, -0.25) is 9.69 Å². The average molecular weight is 541 g/mol. The molecule has 5 rings (SSSR count). The van der Waals surface area contributed by atoms with Gasteiger partial charge in [0.2, 0.25) is 0 Å². The average Bonchev–Trinajstić information content (AvgIpc) is 3.59. The Labute approximate surface area is 233 Å². The molecule has 0 aliphatic carbocycles. The monoisotopic (exact) mass is 540 g/mol. The Morgan fingerprint density at radius 3 is 2.52 bits per heavy atom. The minimum atomic E-state index is -0.570. The molecule has 0 radical (unpaired) electrons. The molecule has 1 N–H and O–H groups in total. The van der Waals surface area contributed by atoms with Crippen LogP contribution in [-0.2, 0) is 18.6 Å². The summed E-state index contributed by atoms with van der Waals surface area (Å²) >= 11 is 0. The highest BCUT2D eigenvalue weighted by Gasteiger charge is 2.34. The SMILES string of the molecule is CCOc1ccc(CN(Cc2ccco2)[C@H](c2cc3cc(C)cc(C)c3[nH]c2=O)c2nnnn2C(C)(C)C)cc1. The summed E-state index contributed by atoms with van der Waals surface area (Å²) in [5.41, 5.74) is 4.01. The molecule has 0 aliphatic rings. The number of benzene rings is 2. The van der Waals surface area contributed by atoms with Gasteiger partial charge in [0.15, 0.2) is 5.82 Å². The smallest absolute Gasteiger partial charge is 0.253 e. The zero-order valence-electron chi connectivity index (χ0n) is 23.9. The summed E-state index contributed by atoms with van der Waals surface area (Å²) in [6.07, 6.45) is 1.66. The van der Waals surface area contributed by atoms with Gasteiger partial charge in [-0.2, -0.15) is 0 Å². The van der Waals surface area contributed by atoms with Crippen molar-refractivity contribution in [3.05, 3.63) is 105 Å². The third-order valence-corrected chi connectivity index (χ3v) is 6.91. The fourth-order valence-corrected chi connectivity index (χ4v) is 5.18. The van der Waals surface area contributed by atoms with Crippen LogP contribution in [0.4, 0.5) is 0 Å². The lowest BCUT2D eigenvalue weighted by molar-refractivity contribution is 0.171. The molecule has 0 spiro atoms. The Morgan fingerprint density at radius 2 is 1.85 bits per heavy atom. The highest BCUT2D eigenvalue weighted by atomic mass is 16.5. The molecule has 3 aromatic heterocycles. The third kappa shape index (κ3) is 5.70. The number of hydrogen-bond acceptors (Lipinski definition) is 7. The number of aromatic amines is 1. The molecular weight excluding hydrogens is 504 g/mol. The molecule has 0 amide bonds. The molecule has 208 valence electrons. The Kier molecular flexibility index (Phi) is 7.58. The normalized spacial score (nSPS) is 12.8. The first kappa shape index (κ1) is 27.3. The van der Waals surface area contributed by atoms with Gasteiger partial charge in [-0.05, 0) is 105 Å². The summed E-state index contributed by atoms with van der Waals surface area (Å²) in [6, 6.07) is 17.4. The van der Waals surface area contributed by atoms with E-state index in [2.05, 4.69) is 44.5 Å². The van der Waals surface area contributed by atoms with Gasteiger partial charge in [0, 0.05) is 12.1 Å². The summed E-state index contributed by atoms with van der Waals surface area (Å²) in [5.74, 6) is 2.17. The number of hydrogen-bond donors (Lipinski definition) is 1. The standard InChI is InChI=1S/C31H36N6O3/c1-7-39-24-12-10-22(11-13-24)18-36(19-25-9-8-14-40-25)28(29-33-34-35-37(29)31(4,5)6)26-17-23-16-20(2)15-21(3)27(23)32-30(26)38/h8-17,28H,7,18-19H2,1-6H3,(H,32,38)/t28-/m1/s1. The molecule has 0 aliphatic heterocycles. The molecule has 0 unspecified atom stereocenters. The van der Waals surface area contributed by atoms with Crippen LogP contribution in [0.5, 0.6) is 5.75 Å². The molecule has 0 fully saturated rings. The molecule has 9 heteroatoms. The predicted octanol–water partition coefficient (Wildman–Crippen LogP) is 5.67. The van der Waals surface area contributed by atoms with E-state index in [1.807, 2.05) is 77.1 Å². The van der Waals surface area contributed by atoms with Crippen LogP contribution in [-0.4, -0.2) is 36.7 Å². The molecule has 0 bridgehead atoms.